The highest BCUT2D eigenvalue weighted by molar-refractivity contribution is 7.89. The minimum Gasteiger partial charge on any atom is -0.486 e. The van der Waals surface area contributed by atoms with E-state index in [1.807, 2.05) is 6.92 Å². The summed E-state index contributed by atoms with van der Waals surface area (Å²) < 4.78 is 38.1. The van der Waals surface area contributed by atoms with E-state index >= 15 is 0 Å². The second-order valence-electron chi connectivity index (χ2n) is 4.70. The molecule has 0 amide bonds. The molecule has 1 heterocycles. The monoisotopic (exact) mass is 330 g/mol. The average Bonchev–Trinajstić information content (AvgIpc) is 2.45. The molecule has 0 radical (unpaired) electrons. The minimum atomic E-state index is -3.65. The first-order valence-corrected chi connectivity index (χ1v) is 8.52. The molecule has 3 N–H and O–H groups in total. The average molecular weight is 330 g/mol. The third-order valence-electron chi connectivity index (χ3n) is 3.09. The fourth-order valence-electron chi connectivity index (χ4n) is 1.99. The van der Waals surface area contributed by atoms with Crippen LogP contribution in [0.1, 0.15) is 19.8 Å². The summed E-state index contributed by atoms with van der Waals surface area (Å²) in [6, 6.07) is 4.23. The van der Waals surface area contributed by atoms with Gasteiger partial charge >= 0.3 is 0 Å². The molecule has 0 aromatic heterocycles. The third-order valence-corrected chi connectivity index (χ3v) is 4.77. The Balaban J connectivity index is 2.20. The summed E-state index contributed by atoms with van der Waals surface area (Å²) in [7, 11) is -3.65. The van der Waals surface area contributed by atoms with Crippen molar-refractivity contribution < 1.29 is 17.9 Å². The molecule has 2 rings (SSSR count). The highest BCUT2D eigenvalue weighted by Crippen LogP contribution is 2.32. The van der Waals surface area contributed by atoms with Crippen molar-refractivity contribution in [2.45, 2.75) is 30.7 Å². The molecule has 0 saturated heterocycles. The van der Waals surface area contributed by atoms with Crippen LogP contribution in [-0.2, 0) is 10.0 Å². The van der Waals surface area contributed by atoms with Crippen LogP contribution in [-0.4, -0.2) is 32.7 Å². The molecule has 1 aromatic carbocycles. The summed E-state index contributed by atoms with van der Waals surface area (Å²) >= 11 is 4.83. The van der Waals surface area contributed by atoms with Gasteiger partial charge in [0.1, 0.15) is 13.2 Å². The van der Waals surface area contributed by atoms with Crippen LogP contribution in [0.15, 0.2) is 23.1 Å². The van der Waals surface area contributed by atoms with Gasteiger partial charge < -0.3 is 15.2 Å². The zero-order valence-electron chi connectivity index (χ0n) is 11.7. The SMILES string of the molecule is CCC(CC(N)=S)NS(=O)(=O)c1ccc2c(c1)OCCO2. The van der Waals surface area contributed by atoms with Crippen molar-refractivity contribution in [3.05, 3.63) is 18.2 Å². The maximum atomic E-state index is 12.4. The van der Waals surface area contributed by atoms with Crippen LogP contribution in [0.4, 0.5) is 0 Å². The van der Waals surface area contributed by atoms with Crippen molar-refractivity contribution in [3.63, 3.8) is 0 Å². The van der Waals surface area contributed by atoms with Crippen molar-refractivity contribution in [2.75, 3.05) is 13.2 Å². The first-order valence-electron chi connectivity index (χ1n) is 6.62. The van der Waals surface area contributed by atoms with Crippen LogP contribution in [0.25, 0.3) is 0 Å². The topological polar surface area (TPSA) is 90.7 Å². The molecule has 1 aromatic rings. The standard InChI is InChI=1S/C13H18N2O4S2/c1-2-9(7-13(14)20)15-21(16,17)10-3-4-11-12(8-10)19-6-5-18-11/h3-4,8-9,15H,2,5-7H2,1H3,(H2,14,20). The number of thiocarbonyl (C=S) groups is 1. The quantitative estimate of drug-likeness (QED) is 0.762. The number of fused-ring (bicyclic) bond motifs is 1. The number of rotatable bonds is 6. The van der Waals surface area contributed by atoms with E-state index in [1.165, 1.54) is 12.1 Å². The van der Waals surface area contributed by atoms with Gasteiger partial charge in [-0.3, -0.25) is 0 Å². The number of sulfonamides is 1. The summed E-state index contributed by atoms with van der Waals surface area (Å²) in [6.07, 6.45) is 0.927. The van der Waals surface area contributed by atoms with Crippen molar-refractivity contribution in [3.8, 4) is 11.5 Å². The molecule has 0 spiro atoms. The number of nitrogens with one attached hydrogen (secondary N) is 1. The predicted molar refractivity (Wildman–Crippen MR) is 83.2 cm³/mol. The molecule has 1 atom stereocenters. The Bertz CT molecular complexity index is 631. The lowest BCUT2D eigenvalue weighted by molar-refractivity contribution is 0.171. The maximum absolute atomic E-state index is 12.4. The number of hydrogen-bond donors (Lipinski definition) is 2. The Labute approximate surface area is 129 Å². The van der Waals surface area contributed by atoms with E-state index in [0.29, 0.717) is 37.6 Å². The molecule has 8 heteroatoms. The van der Waals surface area contributed by atoms with E-state index in [2.05, 4.69) is 4.72 Å². The Kier molecular flexibility index (Phi) is 5.02. The molecule has 1 unspecified atom stereocenters. The fraction of sp³-hybridized carbons (Fsp3) is 0.462. The van der Waals surface area contributed by atoms with Gasteiger partial charge in [-0.2, -0.15) is 0 Å². The van der Waals surface area contributed by atoms with Gasteiger partial charge in [-0.25, -0.2) is 13.1 Å². The second kappa shape index (κ2) is 6.59. The summed E-state index contributed by atoms with van der Waals surface area (Å²) in [5.74, 6) is 0.988. The second-order valence-corrected chi connectivity index (χ2v) is 6.94. The van der Waals surface area contributed by atoms with E-state index in [4.69, 9.17) is 27.4 Å². The molecule has 0 bridgehead atoms. The van der Waals surface area contributed by atoms with Gasteiger partial charge in [0.2, 0.25) is 10.0 Å². The zero-order valence-corrected chi connectivity index (χ0v) is 13.3. The summed E-state index contributed by atoms with van der Waals surface area (Å²) in [5, 5.41) is 0. The van der Waals surface area contributed by atoms with Gasteiger partial charge in [-0.15, -0.1) is 0 Å². The lowest BCUT2D eigenvalue weighted by Crippen LogP contribution is -2.37. The molecule has 0 aliphatic carbocycles. The van der Waals surface area contributed by atoms with E-state index in [0.717, 1.165) is 0 Å². The van der Waals surface area contributed by atoms with Crippen molar-refractivity contribution in [2.24, 2.45) is 5.73 Å². The van der Waals surface area contributed by atoms with E-state index in [9.17, 15) is 8.42 Å². The number of hydrogen-bond acceptors (Lipinski definition) is 5. The number of nitrogens with two attached hydrogens (primary N) is 1. The van der Waals surface area contributed by atoms with Crippen molar-refractivity contribution in [1.82, 2.24) is 4.72 Å². The molecule has 116 valence electrons. The van der Waals surface area contributed by atoms with Crippen molar-refractivity contribution >= 4 is 27.2 Å². The van der Waals surface area contributed by atoms with Gasteiger partial charge in [-0.1, -0.05) is 19.1 Å². The Morgan fingerprint density at radius 1 is 1.38 bits per heavy atom. The Hall–Kier alpha value is -1.38. The smallest absolute Gasteiger partial charge is 0.240 e. The van der Waals surface area contributed by atoms with Crippen LogP contribution in [0.5, 0.6) is 11.5 Å². The predicted octanol–water partition coefficient (Wildman–Crippen LogP) is 1.19. The van der Waals surface area contributed by atoms with Gasteiger partial charge in [0.05, 0.1) is 9.88 Å². The number of benzene rings is 1. The van der Waals surface area contributed by atoms with Crippen LogP contribution in [0, 0.1) is 0 Å². The largest absolute Gasteiger partial charge is 0.486 e. The lowest BCUT2D eigenvalue weighted by Gasteiger charge is -2.20. The lowest BCUT2D eigenvalue weighted by atomic mass is 10.2. The molecule has 21 heavy (non-hydrogen) atoms. The maximum Gasteiger partial charge on any atom is 0.240 e. The molecular weight excluding hydrogens is 312 g/mol. The number of ether oxygens (including phenoxy) is 2. The normalized spacial score (nSPS) is 15.5. The summed E-state index contributed by atoms with van der Waals surface area (Å²) in [4.78, 5) is 0.417. The summed E-state index contributed by atoms with van der Waals surface area (Å²) in [5.41, 5.74) is 5.48. The van der Waals surface area contributed by atoms with Crippen LogP contribution in [0.3, 0.4) is 0 Å². The molecular formula is C13H18N2O4S2. The van der Waals surface area contributed by atoms with E-state index in [-0.39, 0.29) is 15.9 Å². The van der Waals surface area contributed by atoms with Gasteiger partial charge in [0.25, 0.3) is 0 Å². The zero-order chi connectivity index (χ0) is 15.5. The molecule has 0 saturated carbocycles. The highest BCUT2D eigenvalue weighted by Gasteiger charge is 2.22. The minimum absolute atomic E-state index is 0.133. The molecule has 0 fully saturated rings. The van der Waals surface area contributed by atoms with Gasteiger partial charge in [-0.05, 0) is 18.6 Å². The van der Waals surface area contributed by atoms with E-state index < -0.39 is 10.0 Å². The third kappa shape index (κ3) is 4.05. The Morgan fingerprint density at radius 2 is 2.05 bits per heavy atom. The van der Waals surface area contributed by atoms with Crippen LogP contribution >= 0.6 is 12.2 Å². The van der Waals surface area contributed by atoms with Crippen LogP contribution < -0.4 is 19.9 Å². The highest BCUT2D eigenvalue weighted by atomic mass is 32.2. The molecule has 6 nitrogen and oxygen atoms in total. The first-order chi connectivity index (χ1) is 9.92. The summed E-state index contributed by atoms with van der Waals surface area (Å²) in [6.45, 7) is 2.74. The van der Waals surface area contributed by atoms with Crippen molar-refractivity contribution in [1.29, 1.82) is 0 Å². The first kappa shape index (κ1) is 16.0. The van der Waals surface area contributed by atoms with Crippen LogP contribution in [0.2, 0.25) is 0 Å². The van der Waals surface area contributed by atoms with Gasteiger partial charge in [0.15, 0.2) is 11.5 Å². The van der Waals surface area contributed by atoms with E-state index in [1.54, 1.807) is 6.07 Å². The molecule has 1 aliphatic rings. The molecule has 1 aliphatic heterocycles. The van der Waals surface area contributed by atoms with Gasteiger partial charge in [0, 0.05) is 18.5 Å². The Morgan fingerprint density at radius 3 is 2.67 bits per heavy atom. The fourth-order valence-corrected chi connectivity index (χ4v) is 3.53.